The van der Waals surface area contributed by atoms with Gasteiger partial charge in [0.2, 0.25) is 0 Å². The second-order valence-electron chi connectivity index (χ2n) is 4.93. The van der Waals surface area contributed by atoms with Crippen molar-refractivity contribution in [1.82, 2.24) is 0 Å². The largest absolute Gasteiger partial charge is 0.293 e. The second kappa shape index (κ2) is 7.30. The van der Waals surface area contributed by atoms with Crippen molar-refractivity contribution in [3.05, 3.63) is 65.2 Å². The summed E-state index contributed by atoms with van der Waals surface area (Å²) in [6.07, 6.45) is 2.14. The van der Waals surface area contributed by atoms with Gasteiger partial charge in [0, 0.05) is 10.5 Å². The SMILES string of the molecule is CCCc1cccc(C(=O)CSc2ccccc2C)c1. The normalized spacial score (nSPS) is 10.5. The lowest BCUT2D eigenvalue weighted by atomic mass is 10.1. The first kappa shape index (κ1) is 14.9. The summed E-state index contributed by atoms with van der Waals surface area (Å²) in [4.78, 5) is 13.5. The van der Waals surface area contributed by atoms with Crippen LogP contribution in [0.2, 0.25) is 0 Å². The van der Waals surface area contributed by atoms with E-state index in [0.29, 0.717) is 5.75 Å². The lowest BCUT2D eigenvalue weighted by molar-refractivity contribution is 0.102. The smallest absolute Gasteiger partial charge is 0.173 e. The predicted octanol–water partition coefficient (Wildman–Crippen LogP) is 4.92. The average molecular weight is 284 g/mol. The zero-order valence-corrected chi connectivity index (χ0v) is 12.9. The molecule has 0 bridgehead atoms. The summed E-state index contributed by atoms with van der Waals surface area (Å²) in [6, 6.07) is 16.2. The van der Waals surface area contributed by atoms with Crippen LogP contribution >= 0.6 is 11.8 Å². The maximum Gasteiger partial charge on any atom is 0.173 e. The molecule has 0 fully saturated rings. The van der Waals surface area contributed by atoms with Gasteiger partial charge in [-0.05, 0) is 36.6 Å². The van der Waals surface area contributed by atoms with Gasteiger partial charge in [0.25, 0.3) is 0 Å². The Labute approximate surface area is 125 Å². The molecule has 0 atom stereocenters. The molecule has 0 radical (unpaired) electrons. The van der Waals surface area contributed by atoms with Crippen molar-refractivity contribution in [3.8, 4) is 0 Å². The van der Waals surface area contributed by atoms with Crippen LogP contribution in [0.25, 0.3) is 0 Å². The maximum atomic E-state index is 12.3. The number of carbonyl (C=O) groups excluding carboxylic acids is 1. The van der Waals surface area contributed by atoms with E-state index in [-0.39, 0.29) is 5.78 Å². The topological polar surface area (TPSA) is 17.1 Å². The highest BCUT2D eigenvalue weighted by atomic mass is 32.2. The Bertz CT molecular complexity index is 589. The molecule has 0 aliphatic heterocycles. The molecule has 0 unspecified atom stereocenters. The van der Waals surface area contributed by atoms with Crippen LogP contribution in [0.4, 0.5) is 0 Å². The highest BCUT2D eigenvalue weighted by Crippen LogP contribution is 2.23. The molecular formula is C18H20OS. The Balaban J connectivity index is 2.01. The van der Waals surface area contributed by atoms with E-state index >= 15 is 0 Å². The van der Waals surface area contributed by atoms with Crippen LogP contribution in [0.1, 0.15) is 34.8 Å². The molecule has 2 heteroatoms. The minimum absolute atomic E-state index is 0.205. The van der Waals surface area contributed by atoms with Gasteiger partial charge in [-0.25, -0.2) is 0 Å². The molecule has 0 aromatic heterocycles. The highest BCUT2D eigenvalue weighted by molar-refractivity contribution is 8.00. The van der Waals surface area contributed by atoms with Gasteiger partial charge in [-0.15, -0.1) is 11.8 Å². The van der Waals surface area contributed by atoms with Gasteiger partial charge >= 0.3 is 0 Å². The molecular weight excluding hydrogens is 264 g/mol. The Morgan fingerprint density at radius 2 is 1.90 bits per heavy atom. The molecule has 0 heterocycles. The van der Waals surface area contributed by atoms with Crippen LogP contribution in [0, 0.1) is 6.92 Å². The number of thioether (sulfide) groups is 1. The summed E-state index contributed by atoms with van der Waals surface area (Å²) < 4.78 is 0. The first-order valence-corrected chi connectivity index (χ1v) is 8.00. The molecule has 104 valence electrons. The van der Waals surface area contributed by atoms with Crippen molar-refractivity contribution >= 4 is 17.5 Å². The van der Waals surface area contributed by atoms with Gasteiger partial charge in [-0.3, -0.25) is 4.79 Å². The van der Waals surface area contributed by atoms with Crippen molar-refractivity contribution in [2.24, 2.45) is 0 Å². The molecule has 0 N–H and O–H groups in total. The first-order valence-electron chi connectivity index (χ1n) is 7.01. The minimum atomic E-state index is 0.205. The number of hydrogen-bond donors (Lipinski definition) is 0. The monoisotopic (exact) mass is 284 g/mol. The third-order valence-electron chi connectivity index (χ3n) is 3.24. The molecule has 0 saturated heterocycles. The van der Waals surface area contributed by atoms with Crippen LogP contribution in [0.15, 0.2) is 53.4 Å². The average Bonchev–Trinajstić information content (AvgIpc) is 2.47. The van der Waals surface area contributed by atoms with Crippen LogP contribution in [0.3, 0.4) is 0 Å². The molecule has 2 aromatic rings. The summed E-state index contributed by atoms with van der Waals surface area (Å²) >= 11 is 1.62. The van der Waals surface area contributed by atoms with Gasteiger partial charge in [0.1, 0.15) is 0 Å². The van der Waals surface area contributed by atoms with Gasteiger partial charge in [0.05, 0.1) is 5.75 Å². The summed E-state index contributed by atoms with van der Waals surface area (Å²) in [7, 11) is 0. The number of carbonyl (C=O) groups is 1. The summed E-state index contributed by atoms with van der Waals surface area (Å²) in [6.45, 7) is 4.23. The van der Waals surface area contributed by atoms with Crippen LogP contribution in [-0.2, 0) is 6.42 Å². The third kappa shape index (κ3) is 3.97. The lowest BCUT2D eigenvalue weighted by Crippen LogP contribution is -2.03. The van der Waals surface area contributed by atoms with E-state index in [9.17, 15) is 4.79 Å². The summed E-state index contributed by atoms with van der Waals surface area (Å²) in [5, 5.41) is 0. The van der Waals surface area contributed by atoms with Crippen molar-refractivity contribution in [2.75, 3.05) is 5.75 Å². The standard InChI is InChI=1S/C18H20OS/c1-3-7-15-9-6-10-16(12-15)17(19)13-20-18-11-5-4-8-14(18)2/h4-6,8-12H,3,7,13H2,1-2H3. The van der Waals surface area contributed by atoms with Crippen LogP contribution in [0.5, 0.6) is 0 Å². The molecule has 0 aliphatic rings. The molecule has 0 saturated carbocycles. The number of benzene rings is 2. The summed E-state index contributed by atoms with van der Waals surface area (Å²) in [5.74, 6) is 0.705. The van der Waals surface area contributed by atoms with Gasteiger partial charge in [0.15, 0.2) is 5.78 Å². The van der Waals surface area contributed by atoms with Gasteiger partial charge < -0.3 is 0 Å². The Hall–Kier alpha value is -1.54. The first-order chi connectivity index (χ1) is 9.70. The number of hydrogen-bond acceptors (Lipinski definition) is 2. The molecule has 0 spiro atoms. The second-order valence-corrected chi connectivity index (χ2v) is 5.94. The van der Waals surface area contributed by atoms with Crippen LogP contribution < -0.4 is 0 Å². The quantitative estimate of drug-likeness (QED) is 0.553. The van der Waals surface area contributed by atoms with Crippen molar-refractivity contribution in [3.63, 3.8) is 0 Å². The summed E-state index contributed by atoms with van der Waals surface area (Å²) in [5.41, 5.74) is 3.31. The molecule has 0 amide bonds. The van der Waals surface area contributed by atoms with E-state index < -0.39 is 0 Å². The predicted molar refractivity (Wildman–Crippen MR) is 86.7 cm³/mol. The molecule has 20 heavy (non-hydrogen) atoms. The molecule has 2 aromatic carbocycles. The number of rotatable bonds is 6. The highest BCUT2D eigenvalue weighted by Gasteiger charge is 2.08. The third-order valence-corrected chi connectivity index (χ3v) is 4.42. The van der Waals surface area contributed by atoms with E-state index in [1.807, 2.05) is 30.3 Å². The molecule has 0 aliphatic carbocycles. The van der Waals surface area contributed by atoms with Crippen molar-refractivity contribution in [1.29, 1.82) is 0 Å². The fourth-order valence-corrected chi connectivity index (χ4v) is 3.06. The molecule has 1 nitrogen and oxygen atoms in total. The van der Waals surface area contributed by atoms with Crippen molar-refractivity contribution in [2.45, 2.75) is 31.6 Å². The van der Waals surface area contributed by atoms with E-state index in [0.717, 1.165) is 18.4 Å². The zero-order chi connectivity index (χ0) is 14.4. The van der Waals surface area contributed by atoms with E-state index in [2.05, 4.69) is 32.0 Å². The van der Waals surface area contributed by atoms with Gasteiger partial charge in [-0.2, -0.15) is 0 Å². The minimum Gasteiger partial charge on any atom is -0.293 e. The maximum absolute atomic E-state index is 12.3. The number of aryl methyl sites for hydroxylation is 2. The number of ketones is 1. The fourth-order valence-electron chi connectivity index (χ4n) is 2.13. The Morgan fingerprint density at radius 1 is 1.10 bits per heavy atom. The van der Waals surface area contributed by atoms with Crippen LogP contribution in [-0.4, -0.2) is 11.5 Å². The van der Waals surface area contributed by atoms with E-state index in [1.165, 1.54) is 16.0 Å². The fraction of sp³-hybridized carbons (Fsp3) is 0.278. The lowest BCUT2D eigenvalue weighted by Gasteiger charge is -2.06. The van der Waals surface area contributed by atoms with Crippen molar-refractivity contribution < 1.29 is 4.79 Å². The van der Waals surface area contributed by atoms with E-state index in [1.54, 1.807) is 11.8 Å². The number of Topliss-reactive ketones (excluding diaryl/α,β-unsaturated/α-hetero) is 1. The molecule has 2 rings (SSSR count). The Morgan fingerprint density at radius 3 is 2.65 bits per heavy atom. The zero-order valence-electron chi connectivity index (χ0n) is 12.1. The van der Waals surface area contributed by atoms with Gasteiger partial charge in [-0.1, -0.05) is 49.7 Å². The van der Waals surface area contributed by atoms with E-state index in [4.69, 9.17) is 0 Å². The Kier molecular flexibility index (Phi) is 5.42.